The molecule has 1 amide bonds. The lowest BCUT2D eigenvalue weighted by molar-refractivity contribution is -0.384. The van der Waals surface area contributed by atoms with Gasteiger partial charge in [0.25, 0.3) is 11.6 Å². The number of hydrogen-bond donors (Lipinski definition) is 1. The lowest BCUT2D eigenvalue weighted by Crippen LogP contribution is -2.42. The summed E-state index contributed by atoms with van der Waals surface area (Å²) in [5.41, 5.74) is 2.48. The van der Waals surface area contributed by atoms with Crippen LogP contribution in [-0.2, 0) is 9.53 Å². The first-order valence-corrected chi connectivity index (χ1v) is 9.05. The first-order chi connectivity index (χ1) is 13.4. The van der Waals surface area contributed by atoms with Crippen molar-refractivity contribution in [2.24, 2.45) is 5.10 Å². The number of carbonyl (C=O) groups excluding carboxylic acids is 1. The maximum absolute atomic E-state index is 11.9. The van der Waals surface area contributed by atoms with Crippen molar-refractivity contribution in [3.8, 4) is 11.3 Å². The Kier molecular flexibility index (Phi) is 6.63. The fraction of sp³-hybridized carbons (Fsp3) is 0.294. The first kappa shape index (κ1) is 20.3. The van der Waals surface area contributed by atoms with E-state index in [4.69, 9.17) is 32.4 Å². The highest BCUT2D eigenvalue weighted by atomic mass is 35.5. The average Bonchev–Trinajstić information content (AvgIpc) is 3.11. The summed E-state index contributed by atoms with van der Waals surface area (Å²) in [5.74, 6) is 0.405. The number of benzene rings is 1. The average molecular weight is 427 g/mol. The third-order valence-corrected chi connectivity index (χ3v) is 4.59. The number of amides is 1. The number of nitrogens with one attached hydrogen (secondary N) is 1. The van der Waals surface area contributed by atoms with Gasteiger partial charge in [-0.2, -0.15) is 5.10 Å². The van der Waals surface area contributed by atoms with E-state index in [1.807, 2.05) is 4.90 Å². The van der Waals surface area contributed by atoms with E-state index < -0.39 is 4.92 Å². The van der Waals surface area contributed by atoms with Crippen LogP contribution in [0.25, 0.3) is 11.3 Å². The molecule has 0 bridgehead atoms. The summed E-state index contributed by atoms with van der Waals surface area (Å²) in [7, 11) is 0. The number of hydrazone groups is 1. The van der Waals surface area contributed by atoms with Crippen molar-refractivity contribution < 1.29 is 18.9 Å². The van der Waals surface area contributed by atoms with Gasteiger partial charge in [-0.25, -0.2) is 5.43 Å². The summed E-state index contributed by atoms with van der Waals surface area (Å²) in [5, 5.41) is 15.1. The number of morpholine rings is 1. The molecule has 0 atom stereocenters. The molecular formula is C17H16Cl2N4O5. The first-order valence-electron chi connectivity index (χ1n) is 8.29. The molecule has 2 heterocycles. The Labute approximate surface area is 170 Å². The van der Waals surface area contributed by atoms with Crippen LogP contribution in [0.5, 0.6) is 0 Å². The molecule has 3 rings (SSSR count). The SMILES string of the molecule is O=C(CN1CCOCC1)N/N=C/c1ccc(-c2cc([N+](=O)[O-])c(Cl)cc2Cl)o1. The number of ether oxygens (including phenoxy) is 1. The molecule has 0 aliphatic carbocycles. The molecule has 0 unspecified atom stereocenters. The third-order valence-electron chi connectivity index (χ3n) is 3.98. The highest BCUT2D eigenvalue weighted by Crippen LogP contribution is 2.37. The summed E-state index contributed by atoms with van der Waals surface area (Å²) in [6, 6.07) is 5.73. The summed E-state index contributed by atoms with van der Waals surface area (Å²) < 4.78 is 10.8. The summed E-state index contributed by atoms with van der Waals surface area (Å²) >= 11 is 11.9. The highest BCUT2D eigenvalue weighted by molar-refractivity contribution is 6.37. The van der Waals surface area contributed by atoms with Gasteiger partial charge in [0, 0.05) is 24.7 Å². The molecule has 1 aliphatic rings. The Balaban J connectivity index is 1.64. The number of nitro groups is 1. The lowest BCUT2D eigenvalue weighted by Gasteiger charge is -2.25. The molecule has 1 saturated heterocycles. The largest absolute Gasteiger partial charge is 0.455 e. The van der Waals surface area contributed by atoms with E-state index in [0.717, 1.165) is 0 Å². The lowest BCUT2D eigenvalue weighted by atomic mass is 10.1. The van der Waals surface area contributed by atoms with Crippen LogP contribution in [0.2, 0.25) is 10.0 Å². The second-order valence-electron chi connectivity index (χ2n) is 5.92. The van der Waals surface area contributed by atoms with E-state index >= 15 is 0 Å². The van der Waals surface area contributed by atoms with Crippen LogP contribution in [0.3, 0.4) is 0 Å². The predicted octanol–water partition coefficient (Wildman–Crippen LogP) is 2.94. The Hall–Kier alpha value is -2.46. The van der Waals surface area contributed by atoms with Crippen molar-refractivity contribution in [2.45, 2.75) is 0 Å². The maximum atomic E-state index is 11.9. The molecule has 11 heteroatoms. The zero-order chi connectivity index (χ0) is 20.1. The topological polar surface area (TPSA) is 110 Å². The van der Waals surface area contributed by atoms with Crippen molar-refractivity contribution in [1.82, 2.24) is 10.3 Å². The van der Waals surface area contributed by atoms with E-state index in [1.54, 1.807) is 12.1 Å². The van der Waals surface area contributed by atoms with Gasteiger partial charge in [-0.15, -0.1) is 0 Å². The van der Waals surface area contributed by atoms with E-state index in [-0.39, 0.29) is 28.2 Å². The van der Waals surface area contributed by atoms with Crippen LogP contribution >= 0.6 is 23.2 Å². The molecular weight excluding hydrogens is 411 g/mol. The van der Waals surface area contributed by atoms with Crippen LogP contribution in [0.4, 0.5) is 5.69 Å². The molecule has 1 aromatic carbocycles. The molecule has 1 aliphatic heterocycles. The minimum atomic E-state index is -0.600. The fourth-order valence-electron chi connectivity index (χ4n) is 2.60. The van der Waals surface area contributed by atoms with Crippen molar-refractivity contribution in [2.75, 3.05) is 32.8 Å². The van der Waals surface area contributed by atoms with Crippen molar-refractivity contribution in [1.29, 1.82) is 0 Å². The second-order valence-corrected chi connectivity index (χ2v) is 6.74. The van der Waals surface area contributed by atoms with Crippen LogP contribution in [0, 0.1) is 10.1 Å². The van der Waals surface area contributed by atoms with Gasteiger partial charge in [-0.05, 0) is 18.2 Å². The summed E-state index contributed by atoms with van der Waals surface area (Å²) in [6.07, 6.45) is 1.33. The van der Waals surface area contributed by atoms with E-state index in [9.17, 15) is 14.9 Å². The summed E-state index contributed by atoms with van der Waals surface area (Å²) in [4.78, 5) is 24.3. The number of nitrogens with zero attached hydrogens (tertiary/aromatic N) is 3. The molecule has 9 nitrogen and oxygen atoms in total. The molecule has 148 valence electrons. The minimum absolute atomic E-state index is 0.0601. The van der Waals surface area contributed by atoms with Gasteiger partial charge in [0.2, 0.25) is 0 Å². The van der Waals surface area contributed by atoms with Crippen LogP contribution in [-0.4, -0.2) is 54.8 Å². The smallest absolute Gasteiger partial charge is 0.288 e. The van der Waals surface area contributed by atoms with Gasteiger partial charge in [-0.3, -0.25) is 19.8 Å². The normalized spacial score (nSPS) is 15.1. The maximum Gasteiger partial charge on any atom is 0.288 e. The number of rotatable bonds is 6. The molecule has 0 radical (unpaired) electrons. The van der Waals surface area contributed by atoms with Crippen molar-refractivity contribution in [3.63, 3.8) is 0 Å². The number of nitro benzene ring substituents is 1. The number of hydrogen-bond acceptors (Lipinski definition) is 7. The number of furan rings is 1. The van der Waals surface area contributed by atoms with Gasteiger partial charge in [0.05, 0.1) is 35.9 Å². The van der Waals surface area contributed by atoms with Crippen LogP contribution in [0.15, 0.2) is 33.8 Å². The van der Waals surface area contributed by atoms with Gasteiger partial charge >= 0.3 is 0 Å². The second kappa shape index (κ2) is 9.16. The zero-order valence-electron chi connectivity index (χ0n) is 14.6. The molecule has 1 fully saturated rings. The van der Waals surface area contributed by atoms with Crippen LogP contribution < -0.4 is 5.43 Å². The quantitative estimate of drug-likeness (QED) is 0.431. The van der Waals surface area contributed by atoms with E-state index in [0.29, 0.717) is 43.4 Å². The van der Waals surface area contributed by atoms with E-state index in [2.05, 4.69) is 10.5 Å². The minimum Gasteiger partial charge on any atom is -0.455 e. The van der Waals surface area contributed by atoms with E-state index in [1.165, 1.54) is 18.3 Å². The molecule has 28 heavy (non-hydrogen) atoms. The molecule has 2 aromatic rings. The van der Waals surface area contributed by atoms with Gasteiger partial charge in [0.15, 0.2) is 0 Å². The van der Waals surface area contributed by atoms with Gasteiger partial charge in [-0.1, -0.05) is 23.2 Å². The van der Waals surface area contributed by atoms with Crippen LogP contribution in [0.1, 0.15) is 5.76 Å². The standard InChI is InChI=1S/C17H16Cl2N4O5/c18-13-8-14(19)15(23(25)26)7-12(13)16-2-1-11(28-16)9-20-21-17(24)10-22-3-5-27-6-4-22/h1-2,7-9H,3-6,10H2,(H,21,24)/b20-9+. The van der Waals surface area contributed by atoms with Gasteiger partial charge < -0.3 is 9.15 Å². The number of carbonyl (C=O) groups is 1. The summed E-state index contributed by atoms with van der Waals surface area (Å²) in [6.45, 7) is 2.85. The van der Waals surface area contributed by atoms with Gasteiger partial charge in [0.1, 0.15) is 16.5 Å². The van der Waals surface area contributed by atoms with Crippen molar-refractivity contribution in [3.05, 3.63) is 50.2 Å². The highest BCUT2D eigenvalue weighted by Gasteiger charge is 2.19. The predicted molar refractivity (Wildman–Crippen MR) is 104 cm³/mol. The Morgan fingerprint density at radius 1 is 1.29 bits per heavy atom. The zero-order valence-corrected chi connectivity index (χ0v) is 16.1. The Bertz CT molecular complexity index is 909. The molecule has 0 saturated carbocycles. The third kappa shape index (κ3) is 5.08. The molecule has 0 spiro atoms. The monoisotopic (exact) mass is 426 g/mol. The Morgan fingerprint density at radius 3 is 2.75 bits per heavy atom. The Morgan fingerprint density at radius 2 is 2.04 bits per heavy atom. The molecule has 1 N–H and O–H groups in total. The number of halogens is 2. The van der Waals surface area contributed by atoms with Crippen molar-refractivity contribution >= 4 is 41.0 Å². The molecule has 1 aromatic heterocycles. The fourth-order valence-corrected chi connectivity index (χ4v) is 3.14.